The Labute approximate surface area is 196 Å². The maximum Gasteiger partial charge on any atom is 0.338 e. The lowest BCUT2D eigenvalue weighted by Crippen LogP contribution is -2.18. The lowest BCUT2D eigenvalue weighted by molar-refractivity contribution is 0.0450. The average Bonchev–Trinajstić information content (AvgIpc) is 2.77. The van der Waals surface area contributed by atoms with E-state index in [1.54, 1.807) is 12.1 Å². The summed E-state index contributed by atoms with van der Waals surface area (Å²) in [6.45, 7) is -0.483. The zero-order valence-electron chi connectivity index (χ0n) is 16.9. The average molecular weight is 516 g/mol. The number of cyclic esters (lactones) is 1. The van der Waals surface area contributed by atoms with Crippen molar-refractivity contribution in [1.82, 2.24) is 0 Å². The van der Waals surface area contributed by atoms with E-state index in [1.807, 2.05) is 4.72 Å². The highest BCUT2D eigenvalue weighted by Crippen LogP contribution is 2.38. The molecule has 1 heterocycles. The zero-order valence-corrected chi connectivity index (χ0v) is 18.5. The van der Waals surface area contributed by atoms with E-state index in [1.165, 1.54) is 12.1 Å². The summed E-state index contributed by atoms with van der Waals surface area (Å²) in [7, 11) is -4.93. The Morgan fingerprint density at radius 3 is 2.38 bits per heavy atom. The van der Waals surface area contributed by atoms with Crippen LogP contribution in [0, 0.1) is 11.6 Å². The first kappa shape index (κ1) is 23.8. The van der Waals surface area contributed by atoms with Crippen molar-refractivity contribution in [3.8, 4) is 16.9 Å². The van der Waals surface area contributed by atoms with E-state index >= 15 is 0 Å². The summed E-state index contributed by atoms with van der Waals surface area (Å²) in [5.74, 6) is -3.22. The van der Waals surface area contributed by atoms with Gasteiger partial charge < -0.3 is 9.47 Å². The van der Waals surface area contributed by atoms with Crippen molar-refractivity contribution in [2.75, 3.05) is 17.9 Å². The summed E-state index contributed by atoms with van der Waals surface area (Å²) in [5.41, 5.74) is -2.30. The number of hydrogen-bond acceptors (Lipinski definition) is 5. The van der Waals surface area contributed by atoms with Crippen molar-refractivity contribution in [2.45, 2.75) is 11.3 Å². The van der Waals surface area contributed by atoms with E-state index in [9.17, 15) is 30.8 Å². The largest absolute Gasteiger partial charge is 0.489 e. The topological polar surface area (TPSA) is 81.7 Å². The molecule has 1 N–H and O–H groups in total. The number of halogens is 5. The number of esters is 1. The van der Waals surface area contributed by atoms with Crippen LogP contribution in [0.2, 0.25) is 5.02 Å². The van der Waals surface area contributed by atoms with E-state index in [0.29, 0.717) is 12.1 Å². The molecule has 34 heavy (non-hydrogen) atoms. The number of alkyl halides is 2. The van der Waals surface area contributed by atoms with Crippen molar-refractivity contribution in [2.24, 2.45) is 0 Å². The third-order valence-electron chi connectivity index (χ3n) is 4.89. The lowest BCUT2D eigenvalue weighted by atomic mass is 10.0. The van der Waals surface area contributed by atoms with Gasteiger partial charge in [-0.05, 0) is 24.3 Å². The fraction of sp³-hybridized carbons (Fsp3) is 0.136. The molecule has 3 aromatic carbocycles. The lowest BCUT2D eigenvalue weighted by Gasteiger charge is -2.16. The molecule has 6 nitrogen and oxygen atoms in total. The molecule has 1 aliphatic rings. The smallest absolute Gasteiger partial charge is 0.338 e. The molecule has 0 spiro atoms. The third-order valence-corrected chi connectivity index (χ3v) is 6.61. The number of para-hydroxylation sites is 1. The Balaban J connectivity index is 1.96. The van der Waals surface area contributed by atoms with Crippen molar-refractivity contribution >= 4 is 33.3 Å². The van der Waals surface area contributed by atoms with Gasteiger partial charge in [-0.15, -0.1) is 0 Å². The molecular weight excluding hydrogens is 502 g/mol. The Bertz CT molecular complexity index is 1400. The Hall–Kier alpha value is -3.31. The first-order valence-electron chi connectivity index (χ1n) is 9.61. The summed E-state index contributed by atoms with van der Waals surface area (Å²) in [6.07, 6.45) is -3.35. The van der Waals surface area contributed by atoms with E-state index in [2.05, 4.69) is 0 Å². The molecule has 1 aliphatic heterocycles. The highest BCUT2D eigenvalue weighted by atomic mass is 35.5. The van der Waals surface area contributed by atoms with Gasteiger partial charge in [0.25, 0.3) is 16.4 Å². The van der Waals surface area contributed by atoms with Crippen LogP contribution >= 0.6 is 11.6 Å². The summed E-state index contributed by atoms with van der Waals surface area (Å²) in [4.78, 5) is 11.3. The molecule has 4 rings (SSSR count). The Morgan fingerprint density at radius 1 is 0.941 bits per heavy atom. The molecule has 3 aromatic rings. The minimum atomic E-state index is -4.93. The van der Waals surface area contributed by atoms with Crippen LogP contribution in [0.25, 0.3) is 11.1 Å². The fourth-order valence-electron chi connectivity index (χ4n) is 3.36. The van der Waals surface area contributed by atoms with Gasteiger partial charge in [-0.25, -0.2) is 30.8 Å². The Morgan fingerprint density at radius 2 is 1.65 bits per heavy atom. The van der Waals surface area contributed by atoms with Gasteiger partial charge in [-0.3, -0.25) is 4.72 Å². The van der Waals surface area contributed by atoms with Gasteiger partial charge in [0.2, 0.25) is 0 Å². The first-order valence-corrected chi connectivity index (χ1v) is 11.5. The van der Waals surface area contributed by atoms with Crippen molar-refractivity contribution in [1.29, 1.82) is 0 Å². The van der Waals surface area contributed by atoms with Crippen LogP contribution in [0.15, 0.2) is 53.4 Å². The monoisotopic (exact) mass is 515 g/mol. The number of benzene rings is 3. The third kappa shape index (κ3) is 4.53. The molecule has 0 fully saturated rings. The van der Waals surface area contributed by atoms with E-state index in [-0.39, 0.29) is 30.1 Å². The molecule has 0 aliphatic carbocycles. The van der Waals surface area contributed by atoms with Crippen LogP contribution in [0.1, 0.15) is 22.3 Å². The van der Waals surface area contributed by atoms with Gasteiger partial charge in [0.15, 0.2) is 0 Å². The van der Waals surface area contributed by atoms with E-state index < -0.39 is 60.8 Å². The molecule has 0 atom stereocenters. The first-order chi connectivity index (χ1) is 16.1. The second-order valence-corrected chi connectivity index (χ2v) is 9.13. The Kier molecular flexibility index (Phi) is 6.41. The van der Waals surface area contributed by atoms with Gasteiger partial charge in [0.05, 0.1) is 26.7 Å². The zero-order chi connectivity index (χ0) is 24.6. The summed E-state index contributed by atoms with van der Waals surface area (Å²) >= 11 is 5.86. The van der Waals surface area contributed by atoms with E-state index in [4.69, 9.17) is 21.1 Å². The highest BCUT2D eigenvalue weighted by molar-refractivity contribution is 7.92. The van der Waals surface area contributed by atoms with Crippen LogP contribution in [-0.4, -0.2) is 27.6 Å². The molecule has 12 heteroatoms. The number of carbonyl (C=O) groups excluding carboxylic acids is 1. The predicted molar refractivity (Wildman–Crippen MR) is 115 cm³/mol. The maximum absolute atomic E-state index is 14.7. The molecule has 0 saturated heterocycles. The number of nitrogens with one attached hydrogen (secondary N) is 1. The van der Waals surface area contributed by atoms with Crippen molar-refractivity contribution in [3.05, 3.63) is 76.3 Å². The number of sulfonamides is 1. The molecule has 0 aromatic heterocycles. The molecule has 0 unspecified atom stereocenters. The van der Waals surface area contributed by atoms with Crippen molar-refractivity contribution in [3.63, 3.8) is 0 Å². The van der Waals surface area contributed by atoms with Gasteiger partial charge in [0, 0.05) is 17.2 Å². The molecule has 4 bridgehead atoms. The van der Waals surface area contributed by atoms with Gasteiger partial charge in [0.1, 0.15) is 30.6 Å². The molecule has 0 saturated carbocycles. The van der Waals surface area contributed by atoms with Crippen LogP contribution in [0.3, 0.4) is 0 Å². The minimum Gasteiger partial charge on any atom is -0.489 e. The molecular formula is C22H14ClF4NO5S. The molecule has 0 amide bonds. The van der Waals surface area contributed by atoms with Crippen LogP contribution < -0.4 is 9.46 Å². The number of ether oxygens (including phenoxy) is 2. The summed E-state index contributed by atoms with van der Waals surface area (Å²) in [5, 5.41) is -0.710. The normalized spacial score (nSPS) is 15.3. The number of hydrogen-bond donors (Lipinski definition) is 1. The standard InChI is InChI=1S/C22H14ClF4NO5S/c23-14-7-11-8-19(20(14)21(26)27)34(30,31)28-17-9-13(15(24)10-16(17)25)12-3-1-2-4-18(12)32-5-6-33-22(11)29/h1-4,7-10,21,28H,5-6H2. The number of anilines is 1. The molecule has 0 radical (unpaired) electrons. The van der Waals surface area contributed by atoms with Gasteiger partial charge >= 0.3 is 5.97 Å². The van der Waals surface area contributed by atoms with Crippen LogP contribution in [0.4, 0.5) is 23.2 Å². The van der Waals surface area contributed by atoms with Gasteiger partial charge in [-0.1, -0.05) is 29.8 Å². The second kappa shape index (κ2) is 9.15. The number of fused-ring (bicyclic) bond motifs is 6. The quantitative estimate of drug-likeness (QED) is 0.338. The number of carbonyl (C=O) groups is 1. The van der Waals surface area contributed by atoms with E-state index in [0.717, 1.165) is 12.1 Å². The van der Waals surface area contributed by atoms with Crippen molar-refractivity contribution < 1.29 is 40.2 Å². The number of rotatable bonds is 1. The van der Waals surface area contributed by atoms with Crippen LogP contribution in [0.5, 0.6) is 5.75 Å². The second-order valence-electron chi connectivity index (χ2n) is 7.07. The predicted octanol–water partition coefficient (Wildman–Crippen LogP) is 5.57. The van der Waals surface area contributed by atoms with Crippen LogP contribution in [-0.2, 0) is 14.8 Å². The van der Waals surface area contributed by atoms with Gasteiger partial charge in [-0.2, -0.15) is 0 Å². The fourth-order valence-corrected chi connectivity index (χ4v) is 5.05. The summed E-state index contributed by atoms with van der Waals surface area (Å²) in [6, 6.07) is 8.88. The summed E-state index contributed by atoms with van der Waals surface area (Å²) < 4.78 is 95.1. The molecule has 178 valence electrons. The minimum absolute atomic E-state index is 0.149. The highest BCUT2D eigenvalue weighted by Gasteiger charge is 2.30. The SMILES string of the molecule is O=C1OCCOc2ccccc2-c2cc(c(F)cc2F)NS(=O)(=O)c2cc1cc(Cl)c2C(F)F. The maximum atomic E-state index is 14.7.